The Kier molecular flexibility index (Phi) is 14.5. The third-order valence-electron chi connectivity index (χ3n) is 11.6. The molecule has 10 rings (SSSR count). The number of nitrogens with one attached hydrogen (secondary N) is 4. The quantitative estimate of drug-likeness (QED) is 0.0560. The number of hydrogen-bond donors (Lipinski definition) is 6. The number of carbonyl (C=O) groups excluding carboxylic acids is 2. The van der Waals surface area contributed by atoms with Gasteiger partial charge in [-0.05, 0) is 74.2 Å². The highest BCUT2D eigenvalue weighted by Crippen LogP contribution is 2.34. The van der Waals surface area contributed by atoms with Crippen molar-refractivity contribution < 1.29 is 38.7 Å². The first-order valence-electron chi connectivity index (χ1n) is 22.0. The van der Waals surface area contributed by atoms with Crippen LogP contribution in [0.2, 0.25) is 10.0 Å². The highest BCUT2D eigenvalue weighted by atomic mass is 35.5. The number of ether oxygens (including phenoxy) is 4. The fourth-order valence-corrected chi connectivity index (χ4v) is 8.56. The van der Waals surface area contributed by atoms with Gasteiger partial charge in [0, 0.05) is 35.7 Å². The molecular formula is C50H46Cl2N8O8. The van der Waals surface area contributed by atoms with E-state index in [0.29, 0.717) is 92.2 Å². The number of nitrogens with zero attached hydrogens (tertiary/aromatic N) is 4. The molecule has 6 heterocycles. The maximum Gasteiger partial charge on any atom is 0.196 e. The molecule has 0 radical (unpaired) electrons. The molecule has 6 N–H and O–H groups in total. The summed E-state index contributed by atoms with van der Waals surface area (Å²) < 4.78 is 23.0. The molecule has 0 bridgehead atoms. The topological polar surface area (TPSA) is 219 Å². The van der Waals surface area contributed by atoms with Gasteiger partial charge in [0.05, 0.1) is 82.7 Å². The second kappa shape index (κ2) is 21.4. The predicted molar refractivity (Wildman–Crippen MR) is 258 cm³/mol. The standard InChI is InChI=1S/2C25H23ClN4O4/c2*26-21-10-17(34-16-4-2-1-3-5-16)8-9-19(21)23(32)20-11-27-24-22(20)25(29-14-28-24)30-15-6-7-18(12-31)33-13-15/h2*1-5,8-11,14-15,18,31H,6-7,12-13H2,(H2,27,28,29,30)/t2*15-,18+/m11/s1. The number of benzene rings is 4. The lowest BCUT2D eigenvalue weighted by atomic mass is 10.0. The Morgan fingerprint density at radius 3 is 1.37 bits per heavy atom. The third kappa shape index (κ3) is 10.6. The number of para-hydroxylation sites is 2. The molecule has 2 fully saturated rings. The van der Waals surface area contributed by atoms with E-state index in [0.717, 1.165) is 25.7 Å². The molecular weight excluding hydrogens is 912 g/mol. The van der Waals surface area contributed by atoms with Gasteiger partial charge in [-0.25, -0.2) is 19.9 Å². The van der Waals surface area contributed by atoms with Crippen molar-refractivity contribution in [2.75, 3.05) is 37.1 Å². The number of aromatic nitrogens is 6. The van der Waals surface area contributed by atoms with Gasteiger partial charge < -0.3 is 49.8 Å². The Labute approximate surface area is 400 Å². The van der Waals surface area contributed by atoms with E-state index in [1.165, 1.54) is 12.7 Å². The van der Waals surface area contributed by atoms with Gasteiger partial charge in [0.15, 0.2) is 11.6 Å². The SMILES string of the molecule is O=C(c1ccc(Oc2ccccc2)cc1Cl)c1c[nH]c2ncnc(N[C@@H]3CC[C@@H](CO)OC3)c12.O=C(c1ccc(Oc2ccccc2)cc1Cl)c1c[nH]c2ncnc(N[C@@H]3CC[C@@H](CO)OC3)c12. The van der Waals surface area contributed by atoms with E-state index in [1.807, 2.05) is 60.7 Å². The fraction of sp³-hybridized carbons (Fsp3) is 0.240. The molecule has 0 amide bonds. The van der Waals surface area contributed by atoms with Crippen LogP contribution in [0.3, 0.4) is 0 Å². The molecule has 4 aromatic carbocycles. The van der Waals surface area contributed by atoms with Crippen molar-refractivity contribution in [1.82, 2.24) is 29.9 Å². The number of carbonyl (C=O) groups is 2. The molecule has 18 heteroatoms. The number of H-pyrrole nitrogens is 2. The lowest BCUT2D eigenvalue weighted by Gasteiger charge is -2.29. The Balaban J connectivity index is 0.000000170. The molecule has 2 saturated heterocycles. The van der Waals surface area contributed by atoms with Crippen LogP contribution >= 0.6 is 23.2 Å². The first-order chi connectivity index (χ1) is 33.2. The van der Waals surface area contributed by atoms with Crippen LogP contribution in [0.5, 0.6) is 23.0 Å². The summed E-state index contributed by atoms with van der Waals surface area (Å²) in [6.45, 7) is 0.909. The number of ketones is 2. The third-order valence-corrected chi connectivity index (χ3v) is 12.2. The average Bonchev–Trinajstić information content (AvgIpc) is 4.02. The highest BCUT2D eigenvalue weighted by Gasteiger charge is 2.27. The molecule has 16 nitrogen and oxygen atoms in total. The van der Waals surface area contributed by atoms with Crippen molar-refractivity contribution >= 4 is 68.5 Å². The van der Waals surface area contributed by atoms with Crippen LogP contribution in [0.15, 0.2) is 122 Å². The maximum absolute atomic E-state index is 13.5. The van der Waals surface area contributed by atoms with Crippen LogP contribution in [-0.4, -0.2) is 102 Å². The van der Waals surface area contributed by atoms with Gasteiger partial charge in [-0.1, -0.05) is 59.6 Å². The van der Waals surface area contributed by atoms with Crippen LogP contribution < -0.4 is 20.1 Å². The van der Waals surface area contributed by atoms with Crippen molar-refractivity contribution in [3.63, 3.8) is 0 Å². The number of anilines is 2. The number of hydrogen-bond acceptors (Lipinski definition) is 14. The van der Waals surface area contributed by atoms with E-state index in [-0.39, 0.29) is 59.1 Å². The second-order valence-corrected chi connectivity index (χ2v) is 17.0. The summed E-state index contributed by atoms with van der Waals surface area (Å²) in [5.41, 5.74) is 2.63. The van der Waals surface area contributed by atoms with Gasteiger partial charge in [-0.3, -0.25) is 9.59 Å². The minimum absolute atomic E-state index is 0.0108. The maximum atomic E-state index is 13.5. The molecule has 68 heavy (non-hydrogen) atoms. The first kappa shape index (κ1) is 46.2. The van der Waals surface area contributed by atoms with Crippen molar-refractivity contribution in [1.29, 1.82) is 0 Å². The van der Waals surface area contributed by atoms with Crippen LogP contribution in [0.1, 0.15) is 57.5 Å². The summed E-state index contributed by atoms with van der Waals surface area (Å²) in [4.78, 5) is 50.3. The summed E-state index contributed by atoms with van der Waals surface area (Å²) >= 11 is 13.0. The lowest BCUT2D eigenvalue weighted by molar-refractivity contribution is -0.0224. The summed E-state index contributed by atoms with van der Waals surface area (Å²) in [7, 11) is 0. The molecule has 4 atom stereocenters. The van der Waals surface area contributed by atoms with Crippen molar-refractivity contribution in [3.05, 3.63) is 154 Å². The van der Waals surface area contributed by atoms with E-state index in [2.05, 4.69) is 40.5 Å². The molecule has 0 saturated carbocycles. The molecule has 4 aromatic heterocycles. The molecule has 348 valence electrons. The summed E-state index contributed by atoms with van der Waals surface area (Å²) in [5, 5.41) is 27.0. The number of aromatic amines is 2. The molecule has 0 aliphatic carbocycles. The van der Waals surface area contributed by atoms with Crippen molar-refractivity contribution in [2.24, 2.45) is 0 Å². The summed E-state index contributed by atoms with van der Waals surface area (Å²) in [5.74, 6) is 3.03. The molecule has 8 aromatic rings. The minimum atomic E-state index is -0.249. The second-order valence-electron chi connectivity index (χ2n) is 16.2. The number of rotatable bonds is 14. The zero-order valence-corrected chi connectivity index (χ0v) is 37.9. The van der Waals surface area contributed by atoms with Crippen molar-refractivity contribution in [2.45, 2.75) is 50.0 Å². The zero-order valence-electron chi connectivity index (χ0n) is 36.4. The number of fused-ring (bicyclic) bond motifs is 2. The van der Waals surface area contributed by atoms with Gasteiger partial charge in [0.25, 0.3) is 0 Å². The zero-order chi connectivity index (χ0) is 47.0. The summed E-state index contributed by atoms with van der Waals surface area (Å²) in [6, 6.07) is 28.7. The van der Waals surface area contributed by atoms with Gasteiger partial charge in [0.1, 0.15) is 58.6 Å². The number of halogens is 2. The van der Waals surface area contributed by atoms with Gasteiger partial charge in [-0.2, -0.15) is 0 Å². The summed E-state index contributed by atoms with van der Waals surface area (Å²) in [6.07, 6.45) is 8.98. The van der Waals surface area contributed by atoms with E-state index in [9.17, 15) is 19.8 Å². The van der Waals surface area contributed by atoms with Crippen LogP contribution in [0, 0.1) is 0 Å². The molecule has 2 aliphatic heterocycles. The largest absolute Gasteiger partial charge is 0.457 e. The lowest BCUT2D eigenvalue weighted by Crippen LogP contribution is -2.36. The van der Waals surface area contributed by atoms with E-state index in [4.69, 9.17) is 42.1 Å². The molecule has 0 spiro atoms. The van der Waals surface area contributed by atoms with Crippen LogP contribution in [0.25, 0.3) is 22.1 Å². The van der Waals surface area contributed by atoms with Gasteiger partial charge in [-0.15, -0.1) is 0 Å². The normalized spacial score (nSPS) is 18.1. The number of aliphatic hydroxyl groups excluding tert-OH is 2. The van der Waals surface area contributed by atoms with Gasteiger partial charge in [0.2, 0.25) is 0 Å². The first-order valence-corrected chi connectivity index (χ1v) is 22.8. The van der Waals surface area contributed by atoms with E-state index >= 15 is 0 Å². The molecule has 0 unspecified atom stereocenters. The van der Waals surface area contributed by atoms with E-state index < -0.39 is 0 Å². The Morgan fingerprint density at radius 2 is 1.00 bits per heavy atom. The number of aliphatic hydroxyl groups is 2. The Hall–Kier alpha value is -6.92. The fourth-order valence-electron chi connectivity index (χ4n) is 8.04. The Morgan fingerprint density at radius 1 is 0.574 bits per heavy atom. The van der Waals surface area contributed by atoms with Crippen LogP contribution in [-0.2, 0) is 9.47 Å². The van der Waals surface area contributed by atoms with E-state index in [1.54, 1.807) is 48.8 Å². The average molecular weight is 958 g/mol. The molecule has 2 aliphatic rings. The van der Waals surface area contributed by atoms with Crippen molar-refractivity contribution in [3.8, 4) is 23.0 Å². The van der Waals surface area contributed by atoms with Gasteiger partial charge >= 0.3 is 0 Å². The predicted octanol–water partition coefficient (Wildman–Crippen LogP) is 9.17. The van der Waals surface area contributed by atoms with Crippen LogP contribution in [0.4, 0.5) is 11.6 Å². The monoisotopic (exact) mass is 956 g/mol. The smallest absolute Gasteiger partial charge is 0.196 e. The Bertz CT molecular complexity index is 2810. The highest BCUT2D eigenvalue weighted by molar-refractivity contribution is 6.36. The minimum Gasteiger partial charge on any atom is -0.457 e.